The van der Waals surface area contributed by atoms with Crippen LogP contribution in [0.3, 0.4) is 0 Å². The van der Waals surface area contributed by atoms with E-state index in [1.165, 1.54) is 23.5 Å². The van der Waals surface area contributed by atoms with E-state index in [2.05, 4.69) is 10.3 Å². The summed E-state index contributed by atoms with van der Waals surface area (Å²) in [5, 5.41) is 8.74. The van der Waals surface area contributed by atoms with Crippen LogP contribution in [0.4, 0.5) is 0 Å². The van der Waals surface area contributed by atoms with Gasteiger partial charge in [0, 0.05) is 6.54 Å². The van der Waals surface area contributed by atoms with Crippen LogP contribution in [0.15, 0.2) is 29.2 Å². The Bertz CT molecular complexity index is 809. The molecule has 3 N–H and O–H groups in total. The number of primary sulfonamides is 1. The molecule has 23 heavy (non-hydrogen) atoms. The van der Waals surface area contributed by atoms with Gasteiger partial charge in [-0.05, 0) is 30.5 Å². The van der Waals surface area contributed by atoms with Gasteiger partial charge in [-0.15, -0.1) is 11.3 Å². The van der Waals surface area contributed by atoms with Crippen molar-refractivity contribution in [3.8, 4) is 0 Å². The molecule has 6 nitrogen and oxygen atoms in total. The zero-order valence-electron chi connectivity index (χ0n) is 13.2. The van der Waals surface area contributed by atoms with Gasteiger partial charge in [0.15, 0.2) is 0 Å². The SMILES string of the molecule is Cc1nc(C(C)C)c(C(=O)NCc2ccc(S(N)(=O)=O)cc2)s1. The summed E-state index contributed by atoms with van der Waals surface area (Å²) in [4.78, 5) is 17.4. The van der Waals surface area contributed by atoms with E-state index in [9.17, 15) is 13.2 Å². The number of amides is 1. The minimum atomic E-state index is -3.70. The third-order valence-electron chi connectivity index (χ3n) is 3.22. The summed E-state index contributed by atoms with van der Waals surface area (Å²) in [6.07, 6.45) is 0. The smallest absolute Gasteiger partial charge is 0.263 e. The Hall–Kier alpha value is -1.77. The molecule has 0 fully saturated rings. The number of thiazole rings is 1. The van der Waals surface area contributed by atoms with Crippen LogP contribution in [-0.4, -0.2) is 19.3 Å². The van der Waals surface area contributed by atoms with Crippen LogP contribution >= 0.6 is 11.3 Å². The molecule has 0 unspecified atom stereocenters. The van der Waals surface area contributed by atoms with Gasteiger partial charge >= 0.3 is 0 Å². The molecular weight excluding hydrogens is 334 g/mol. The maximum absolute atomic E-state index is 12.3. The summed E-state index contributed by atoms with van der Waals surface area (Å²) in [6.45, 7) is 6.17. The highest BCUT2D eigenvalue weighted by Gasteiger charge is 2.18. The molecule has 0 radical (unpaired) electrons. The number of benzene rings is 1. The molecule has 1 heterocycles. The van der Waals surface area contributed by atoms with Gasteiger partial charge in [-0.25, -0.2) is 18.5 Å². The number of carbonyl (C=O) groups excluding carboxylic acids is 1. The van der Waals surface area contributed by atoms with E-state index in [0.717, 1.165) is 16.3 Å². The second kappa shape index (κ2) is 6.77. The van der Waals surface area contributed by atoms with Crippen LogP contribution < -0.4 is 10.5 Å². The molecule has 124 valence electrons. The van der Waals surface area contributed by atoms with Gasteiger partial charge in [-0.1, -0.05) is 26.0 Å². The quantitative estimate of drug-likeness (QED) is 0.860. The second-order valence-corrected chi connectivity index (χ2v) is 8.24. The normalized spacial score (nSPS) is 11.7. The number of rotatable bonds is 5. The van der Waals surface area contributed by atoms with Crippen molar-refractivity contribution in [1.29, 1.82) is 0 Å². The summed E-state index contributed by atoms with van der Waals surface area (Å²) in [7, 11) is -3.70. The van der Waals surface area contributed by atoms with Crippen molar-refractivity contribution in [2.45, 2.75) is 38.1 Å². The fourth-order valence-corrected chi connectivity index (χ4v) is 3.56. The van der Waals surface area contributed by atoms with Gasteiger partial charge in [0.25, 0.3) is 5.91 Å². The Morgan fingerprint density at radius 3 is 2.43 bits per heavy atom. The molecule has 0 aliphatic carbocycles. The zero-order valence-corrected chi connectivity index (χ0v) is 14.8. The van der Waals surface area contributed by atoms with Crippen molar-refractivity contribution in [1.82, 2.24) is 10.3 Å². The van der Waals surface area contributed by atoms with Crippen LogP contribution in [0.1, 0.15) is 45.7 Å². The van der Waals surface area contributed by atoms with Crippen LogP contribution in [0, 0.1) is 6.92 Å². The van der Waals surface area contributed by atoms with Crippen molar-refractivity contribution in [3.05, 3.63) is 45.4 Å². The van der Waals surface area contributed by atoms with Gasteiger partial charge in [0.1, 0.15) is 4.88 Å². The van der Waals surface area contributed by atoms with Crippen LogP contribution in [0.2, 0.25) is 0 Å². The molecule has 0 spiro atoms. The van der Waals surface area contributed by atoms with Crippen LogP contribution in [0.5, 0.6) is 0 Å². The van der Waals surface area contributed by atoms with Gasteiger partial charge in [-0.2, -0.15) is 0 Å². The van der Waals surface area contributed by atoms with E-state index in [-0.39, 0.29) is 16.7 Å². The molecule has 0 atom stereocenters. The summed E-state index contributed by atoms with van der Waals surface area (Å²) < 4.78 is 22.4. The lowest BCUT2D eigenvalue weighted by Crippen LogP contribution is -2.23. The molecular formula is C15H19N3O3S2. The highest BCUT2D eigenvalue weighted by molar-refractivity contribution is 7.89. The van der Waals surface area contributed by atoms with Gasteiger partial charge < -0.3 is 5.32 Å². The Morgan fingerprint density at radius 1 is 1.30 bits per heavy atom. The number of nitrogens with one attached hydrogen (secondary N) is 1. The number of nitrogens with zero attached hydrogens (tertiary/aromatic N) is 1. The van der Waals surface area contributed by atoms with Crippen molar-refractivity contribution >= 4 is 27.3 Å². The Morgan fingerprint density at radius 2 is 1.91 bits per heavy atom. The molecule has 0 bridgehead atoms. The Kier molecular flexibility index (Phi) is 5.18. The second-order valence-electron chi connectivity index (χ2n) is 5.47. The first-order valence-electron chi connectivity index (χ1n) is 7.05. The van der Waals surface area contributed by atoms with E-state index >= 15 is 0 Å². The third-order valence-corrected chi connectivity index (χ3v) is 5.13. The Balaban J connectivity index is 2.08. The van der Waals surface area contributed by atoms with Crippen molar-refractivity contribution < 1.29 is 13.2 Å². The first-order valence-corrected chi connectivity index (χ1v) is 9.42. The largest absolute Gasteiger partial charge is 0.347 e. The van der Waals surface area contributed by atoms with Gasteiger partial charge in [-0.3, -0.25) is 4.79 Å². The van der Waals surface area contributed by atoms with Crippen molar-refractivity contribution in [2.24, 2.45) is 5.14 Å². The minimum absolute atomic E-state index is 0.0488. The Labute approximate surface area is 139 Å². The number of sulfonamides is 1. The van der Waals surface area contributed by atoms with Crippen LogP contribution in [-0.2, 0) is 16.6 Å². The summed E-state index contributed by atoms with van der Waals surface area (Å²) in [6, 6.07) is 6.10. The topological polar surface area (TPSA) is 102 Å². The fraction of sp³-hybridized carbons (Fsp3) is 0.333. The maximum Gasteiger partial charge on any atom is 0.263 e. The van der Waals surface area contributed by atoms with E-state index in [1.807, 2.05) is 20.8 Å². The number of aromatic nitrogens is 1. The van der Waals surface area contributed by atoms with Crippen molar-refractivity contribution in [2.75, 3.05) is 0 Å². The highest BCUT2D eigenvalue weighted by atomic mass is 32.2. The molecule has 0 aliphatic heterocycles. The van der Waals surface area contributed by atoms with E-state index < -0.39 is 10.0 Å². The first-order chi connectivity index (χ1) is 10.7. The van der Waals surface area contributed by atoms with E-state index in [1.54, 1.807) is 12.1 Å². The minimum Gasteiger partial charge on any atom is -0.347 e. The number of hydrogen-bond acceptors (Lipinski definition) is 5. The lowest BCUT2D eigenvalue weighted by Gasteiger charge is -2.07. The number of hydrogen-bond donors (Lipinski definition) is 2. The molecule has 1 amide bonds. The van der Waals surface area contributed by atoms with Crippen molar-refractivity contribution in [3.63, 3.8) is 0 Å². The highest BCUT2D eigenvalue weighted by Crippen LogP contribution is 2.24. The summed E-state index contributed by atoms with van der Waals surface area (Å²) in [5.41, 5.74) is 1.59. The lowest BCUT2D eigenvalue weighted by molar-refractivity contribution is 0.0953. The van der Waals surface area contributed by atoms with E-state index in [0.29, 0.717) is 11.4 Å². The molecule has 1 aromatic heterocycles. The average Bonchev–Trinajstić information content (AvgIpc) is 2.86. The van der Waals surface area contributed by atoms with E-state index in [4.69, 9.17) is 5.14 Å². The van der Waals surface area contributed by atoms with Gasteiger partial charge in [0.05, 0.1) is 15.6 Å². The maximum atomic E-state index is 12.3. The number of carbonyl (C=O) groups is 1. The standard InChI is InChI=1S/C15H19N3O3S2/c1-9(2)13-14(22-10(3)18-13)15(19)17-8-11-4-6-12(7-5-11)23(16,20)21/h4-7,9H,8H2,1-3H3,(H,17,19)(H2,16,20,21). The third kappa shape index (κ3) is 4.37. The predicted octanol–water partition coefficient (Wildman–Crippen LogP) is 2.15. The average molecular weight is 353 g/mol. The molecule has 0 saturated carbocycles. The zero-order chi connectivity index (χ0) is 17.2. The summed E-state index contributed by atoms with van der Waals surface area (Å²) >= 11 is 1.37. The van der Waals surface area contributed by atoms with Gasteiger partial charge in [0.2, 0.25) is 10.0 Å². The molecule has 2 rings (SSSR count). The predicted molar refractivity (Wildman–Crippen MR) is 89.9 cm³/mol. The molecule has 8 heteroatoms. The number of aryl methyl sites for hydroxylation is 1. The molecule has 2 aromatic rings. The van der Waals surface area contributed by atoms with Crippen LogP contribution in [0.25, 0.3) is 0 Å². The lowest BCUT2D eigenvalue weighted by atomic mass is 10.1. The first kappa shape index (κ1) is 17.6. The summed E-state index contributed by atoms with van der Waals surface area (Å²) in [5.74, 6) is 0.00423. The fourth-order valence-electron chi connectivity index (χ4n) is 2.06. The monoisotopic (exact) mass is 353 g/mol. The molecule has 0 saturated heterocycles. The number of nitrogens with two attached hydrogens (primary N) is 1. The molecule has 0 aliphatic rings. The molecule has 1 aromatic carbocycles.